The van der Waals surface area contributed by atoms with Crippen molar-refractivity contribution in [3.63, 3.8) is 0 Å². The summed E-state index contributed by atoms with van der Waals surface area (Å²) in [6.07, 6.45) is -4.48. The van der Waals surface area contributed by atoms with Crippen LogP contribution in [0.4, 0.5) is 13.2 Å². The molecule has 0 amide bonds. The summed E-state index contributed by atoms with van der Waals surface area (Å²) in [6, 6.07) is 7.16. The zero-order valence-corrected chi connectivity index (χ0v) is 9.67. The van der Waals surface area contributed by atoms with E-state index in [2.05, 4.69) is 9.97 Å². The molecule has 0 aliphatic rings. The van der Waals surface area contributed by atoms with Crippen molar-refractivity contribution in [3.8, 4) is 0 Å². The van der Waals surface area contributed by atoms with Crippen molar-refractivity contribution in [1.82, 2.24) is 9.97 Å². The second kappa shape index (κ2) is 4.97. The molecule has 3 N–H and O–H groups in total. The van der Waals surface area contributed by atoms with E-state index in [1.807, 2.05) is 6.07 Å². The molecule has 0 aliphatic heterocycles. The fourth-order valence-electron chi connectivity index (χ4n) is 1.92. The van der Waals surface area contributed by atoms with Gasteiger partial charge in [0.15, 0.2) is 0 Å². The Morgan fingerprint density at radius 1 is 1.28 bits per heavy atom. The molecular formula is C12H14F3N3. The molecule has 0 aliphatic carbocycles. The molecule has 0 radical (unpaired) electrons. The summed E-state index contributed by atoms with van der Waals surface area (Å²) >= 11 is 0. The molecule has 0 saturated carbocycles. The summed E-state index contributed by atoms with van der Waals surface area (Å²) in [4.78, 5) is 7.06. The van der Waals surface area contributed by atoms with Crippen LogP contribution in [-0.2, 0) is 6.42 Å². The molecule has 0 bridgehead atoms. The van der Waals surface area contributed by atoms with Crippen molar-refractivity contribution in [3.05, 3.63) is 30.1 Å². The molecule has 6 heteroatoms. The molecule has 1 atom stereocenters. The molecule has 3 nitrogen and oxygen atoms in total. The van der Waals surface area contributed by atoms with E-state index in [1.54, 1.807) is 18.2 Å². The fourth-order valence-corrected chi connectivity index (χ4v) is 1.92. The van der Waals surface area contributed by atoms with Crippen molar-refractivity contribution in [2.75, 3.05) is 6.54 Å². The Morgan fingerprint density at radius 3 is 2.61 bits per heavy atom. The number of nitrogens with zero attached hydrogens (tertiary/aromatic N) is 1. The third-order valence-electron chi connectivity index (χ3n) is 2.86. The predicted octanol–water partition coefficient (Wildman–Crippen LogP) is 2.63. The van der Waals surface area contributed by atoms with Gasteiger partial charge < -0.3 is 10.7 Å². The number of benzene rings is 1. The van der Waals surface area contributed by atoms with Crippen LogP contribution in [0.5, 0.6) is 0 Å². The quantitative estimate of drug-likeness (QED) is 0.884. The minimum atomic E-state index is -4.24. The van der Waals surface area contributed by atoms with Gasteiger partial charge in [0.1, 0.15) is 5.82 Å². The first kappa shape index (κ1) is 12.9. The smallest absolute Gasteiger partial charge is 0.342 e. The van der Waals surface area contributed by atoms with Crippen LogP contribution in [0.25, 0.3) is 11.0 Å². The maximum atomic E-state index is 12.8. The van der Waals surface area contributed by atoms with Crippen LogP contribution >= 0.6 is 0 Å². The number of alkyl halides is 3. The van der Waals surface area contributed by atoms with Crippen LogP contribution in [0.3, 0.4) is 0 Å². The van der Waals surface area contributed by atoms with Crippen molar-refractivity contribution >= 4 is 11.0 Å². The number of rotatable bonds is 4. The number of aromatic nitrogens is 2. The van der Waals surface area contributed by atoms with Gasteiger partial charge in [-0.15, -0.1) is 0 Å². The van der Waals surface area contributed by atoms with Crippen molar-refractivity contribution < 1.29 is 13.2 Å². The zero-order valence-electron chi connectivity index (χ0n) is 9.67. The van der Waals surface area contributed by atoms with Gasteiger partial charge in [-0.1, -0.05) is 12.1 Å². The average molecular weight is 257 g/mol. The standard InChI is InChI=1S/C12H14F3N3/c13-12(14,15)8(5-6-16)7-11-17-9-3-1-2-4-10(9)18-11/h1-4,8H,5-7,16H2,(H,17,18)/t8-/m0/s1. The predicted molar refractivity (Wildman–Crippen MR) is 63.0 cm³/mol. The highest BCUT2D eigenvalue weighted by atomic mass is 19.4. The highest BCUT2D eigenvalue weighted by Crippen LogP contribution is 2.31. The molecule has 18 heavy (non-hydrogen) atoms. The molecule has 1 heterocycles. The Balaban J connectivity index is 2.20. The number of imidazole rings is 1. The lowest BCUT2D eigenvalue weighted by atomic mass is 10.0. The topological polar surface area (TPSA) is 54.7 Å². The highest BCUT2D eigenvalue weighted by molar-refractivity contribution is 5.74. The lowest BCUT2D eigenvalue weighted by molar-refractivity contribution is -0.175. The third kappa shape index (κ3) is 2.81. The van der Waals surface area contributed by atoms with Gasteiger partial charge in [0.05, 0.1) is 17.0 Å². The van der Waals surface area contributed by atoms with Crippen LogP contribution in [-0.4, -0.2) is 22.7 Å². The fraction of sp³-hybridized carbons (Fsp3) is 0.417. The number of halogens is 3. The van der Waals surface area contributed by atoms with E-state index >= 15 is 0 Å². The van der Waals surface area contributed by atoms with Crippen LogP contribution in [0.2, 0.25) is 0 Å². The van der Waals surface area contributed by atoms with Crippen LogP contribution in [0.1, 0.15) is 12.2 Å². The lowest BCUT2D eigenvalue weighted by Gasteiger charge is -2.18. The van der Waals surface area contributed by atoms with Crippen LogP contribution in [0, 0.1) is 5.92 Å². The van der Waals surface area contributed by atoms with Crippen LogP contribution < -0.4 is 5.73 Å². The number of hydrogen-bond acceptors (Lipinski definition) is 2. The van der Waals surface area contributed by atoms with Crippen molar-refractivity contribution in [1.29, 1.82) is 0 Å². The molecule has 2 aromatic rings. The Bertz CT molecular complexity index is 486. The first-order valence-corrected chi connectivity index (χ1v) is 5.71. The summed E-state index contributed by atoms with van der Waals surface area (Å²) in [5.41, 5.74) is 6.66. The molecule has 0 saturated heterocycles. The Hall–Kier alpha value is -1.56. The molecular weight excluding hydrogens is 243 g/mol. The summed E-state index contributed by atoms with van der Waals surface area (Å²) in [6.45, 7) is 0.0183. The van der Waals surface area contributed by atoms with E-state index < -0.39 is 12.1 Å². The van der Waals surface area contributed by atoms with Gasteiger partial charge in [0, 0.05) is 6.42 Å². The maximum Gasteiger partial charge on any atom is 0.392 e. The maximum absolute atomic E-state index is 12.8. The van der Waals surface area contributed by atoms with E-state index in [-0.39, 0.29) is 19.4 Å². The Labute approximate surface area is 102 Å². The molecule has 98 valence electrons. The van der Waals surface area contributed by atoms with E-state index in [0.29, 0.717) is 11.3 Å². The van der Waals surface area contributed by atoms with Crippen LogP contribution in [0.15, 0.2) is 24.3 Å². The molecule has 1 aromatic heterocycles. The van der Waals surface area contributed by atoms with Crippen molar-refractivity contribution in [2.45, 2.75) is 19.0 Å². The van der Waals surface area contributed by atoms with E-state index in [0.717, 1.165) is 5.52 Å². The molecule has 0 unspecified atom stereocenters. The third-order valence-corrected chi connectivity index (χ3v) is 2.86. The highest BCUT2D eigenvalue weighted by Gasteiger charge is 2.39. The number of nitrogens with two attached hydrogens (primary N) is 1. The number of H-pyrrole nitrogens is 1. The Kier molecular flexibility index (Phi) is 3.56. The molecule has 0 spiro atoms. The largest absolute Gasteiger partial charge is 0.392 e. The lowest BCUT2D eigenvalue weighted by Crippen LogP contribution is -2.27. The monoisotopic (exact) mass is 257 g/mol. The minimum absolute atomic E-state index is 0.0183. The van der Waals surface area contributed by atoms with E-state index in [4.69, 9.17) is 5.73 Å². The Morgan fingerprint density at radius 2 is 2.00 bits per heavy atom. The summed E-state index contributed by atoms with van der Waals surface area (Å²) < 4.78 is 38.3. The van der Waals surface area contributed by atoms with E-state index in [9.17, 15) is 13.2 Å². The number of nitrogens with one attached hydrogen (secondary N) is 1. The number of hydrogen-bond donors (Lipinski definition) is 2. The number of fused-ring (bicyclic) bond motifs is 1. The molecule has 2 rings (SSSR count). The van der Waals surface area contributed by atoms with Gasteiger partial charge in [0.25, 0.3) is 0 Å². The summed E-state index contributed by atoms with van der Waals surface area (Å²) in [5, 5.41) is 0. The second-order valence-electron chi connectivity index (χ2n) is 4.22. The number of para-hydroxylation sites is 2. The van der Waals surface area contributed by atoms with Gasteiger partial charge in [-0.25, -0.2) is 4.98 Å². The first-order valence-electron chi connectivity index (χ1n) is 5.71. The average Bonchev–Trinajstić information content (AvgIpc) is 2.69. The summed E-state index contributed by atoms with van der Waals surface area (Å²) in [5.74, 6) is -1.09. The number of aromatic amines is 1. The van der Waals surface area contributed by atoms with Gasteiger partial charge in [-0.05, 0) is 25.1 Å². The second-order valence-corrected chi connectivity index (χ2v) is 4.22. The molecule has 1 aromatic carbocycles. The van der Waals surface area contributed by atoms with E-state index in [1.165, 1.54) is 0 Å². The van der Waals surface area contributed by atoms with Gasteiger partial charge in [0.2, 0.25) is 0 Å². The van der Waals surface area contributed by atoms with Crippen molar-refractivity contribution in [2.24, 2.45) is 11.7 Å². The van der Waals surface area contributed by atoms with Gasteiger partial charge in [-0.2, -0.15) is 13.2 Å². The van der Waals surface area contributed by atoms with Gasteiger partial charge >= 0.3 is 6.18 Å². The SMILES string of the molecule is NCC[C@@H](Cc1nc2ccccc2[nH]1)C(F)(F)F. The molecule has 0 fully saturated rings. The first-order chi connectivity index (χ1) is 8.50. The zero-order chi connectivity index (χ0) is 13.2. The minimum Gasteiger partial charge on any atom is -0.342 e. The van der Waals surface area contributed by atoms with Gasteiger partial charge in [-0.3, -0.25) is 0 Å². The summed E-state index contributed by atoms with van der Waals surface area (Å²) in [7, 11) is 0. The normalized spacial score (nSPS) is 14.0.